The first-order chi connectivity index (χ1) is 13.3. The molecule has 0 saturated carbocycles. The molecular weight excluding hydrogens is 362 g/mol. The van der Waals surface area contributed by atoms with Gasteiger partial charge in [0.05, 0.1) is 0 Å². The van der Waals surface area contributed by atoms with Gasteiger partial charge in [0.25, 0.3) is 5.92 Å². The largest absolute Gasteiger partial charge is 0.457 e. The van der Waals surface area contributed by atoms with Crippen molar-refractivity contribution < 1.29 is 18.3 Å². The normalized spacial score (nSPS) is 14.0. The van der Waals surface area contributed by atoms with Crippen molar-refractivity contribution in [2.45, 2.75) is 52.1 Å². The van der Waals surface area contributed by atoms with E-state index >= 15 is 0 Å². The van der Waals surface area contributed by atoms with Crippen molar-refractivity contribution in [2.24, 2.45) is 0 Å². The number of urea groups is 1. The molecule has 3 rings (SSSR count). The number of halogens is 2. The molecule has 0 atom stereocenters. The molecule has 1 aliphatic heterocycles. The monoisotopic (exact) mass is 388 g/mol. The van der Waals surface area contributed by atoms with E-state index in [4.69, 9.17) is 4.74 Å². The molecule has 0 spiro atoms. The van der Waals surface area contributed by atoms with Gasteiger partial charge in [0.2, 0.25) is 0 Å². The summed E-state index contributed by atoms with van der Waals surface area (Å²) in [6, 6.07) is 11.7. The first-order valence-corrected chi connectivity index (χ1v) is 9.62. The minimum Gasteiger partial charge on any atom is -0.457 e. The molecule has 4 nitrogen and oxygen atoms in total. The van der Waals surface area contributed by atoms with E-state index in [1.807, 2.05) is 32.0 Å². The Hall–Kier alpha value is -2.63. The van der Waals surface area contributed by atoms with E-state index in [-0.39, 0.29) is 24.1 Å². The van der Waals surface area contributed by atoms with E-state index in [1.54, 1.807) is 17.0 Å². The number of nitrogens with one attached hydrogen (secondary N) is 1. The molecule has 6 heteroatoms. The molecule has 0 saturated heterocycles. The molecule has 0 fully saturated rings. The molecule has 1 aliphatic rings. The molecule has 2 amide bonds. The molecule has 0 aromatic heterocycles. The lowest BCUT2D eigenvalue weighted by Crippen LogP contribution is -2.45. The maximum Gasteiger partial charge on any atom is 0.317 e. The van der Waals surface area contributed by atoms with Crippen molar-refractivity contribution in [3.05, 3.63) is 59.2 Å². The smallest absolute Gasteiger partial charge is 0.317 e. The molecule has 2 aromatic rings. The number of rotatable bonds is 5. The lowest BCUT2D eigenvalue weighted by molar-refractivity contribution is -0.00830. The predicted molar refractivity (Wildman–Crippen MR) is 105 cm³/mol. The number of ether oxygens (including phenoxy) is 1. The van der Waals surface area contributed by atoms with Crippen molar-refractivity contribution in [1.29, 1.82) is 0 Å². The highest BCUT2D eigenvalue weighted by molar-refractivity contribution is 5.75. The zero-order valence-corrected chi connectivity index (χ0v) is 16.5. The van der Waals surface area contributed by atoms with Gasteiger partial charge in [-0.3, -0.25) is 0 Å². The van der Waals surface area contributed by atoms with Crippen LogP contribution in [0.1, 0.15) is 43.9 Å². The standard InChI is InChI=1S/C22H26F2N2O2/c1-4-22(23,24)17-8-10-18(11-9-17)28-20-7-5-6-16-14-26(13-12-19(16)20)21(27)25-15(2)3/h5-11,15H,4,12-14H2,1-3H3,(H,25,27). The fraction of sp³-hybridized carbons (Fsp3) is 0.409. The Morgan fingerprint density at radius 1 is 1.21 bits per heavy atom. The number of hydrogen-bond acceptors (Lipinski definition) is 2. The van der Waals surface area contributed by atoms with Crippen LogP contribution in [0.15, 0.2) is 42.5 Å². The van der Waals surface area contributed by atoms with E-state index in [0.717, 1.165) is 11.1 Å². The van der Waals surface area contributed by atoms with Crippen LogP contribution < -0.4 is 10.1 Å². The topological polar surface area (TPSA) is 41.6 Å². The van der Waals surface area contributed by atoms with Gasteiger partial charge in [0, 0.05) is 36.7 Å². The number of fused-ring (bicyclic) bond motifs is 1. The third-order valence-corrected chi connectivity index (χ3v) is 4.87. The summed E-state index contributed by atoms with van der Waals surface area (Å²) in [6.45, 7) is 6.46. The van der Waals surface area contributed by atoms with Crippen LogP contribution in [0.2, 0.25) is 0 Å². The summed E-state index contributed by atoms with van der Waals surface area (Å²) < 4.78 is 33.5. The maximum atomic E-state index is 13.8. The van der Waals surface area contributed by atoms with E-state index in [2.05, 4.69) is 5.32 Å². The second-order valence-electron chi connectivity index (χ2n) is 7.35. The van der Waals surface area contributed by atoms with Gasteiger partial charge in [-0.05, 0) is 56.2 Å². The molecule has 0 aliphatic carbocycles. The third kappa shape index (κ3) is 4.43. The third-order valence-electron chi connectivity index (χ3n) is 4.87. The van der Waals surface area contributed by atoms with Gasteiger partial charge in [0.15, 0.2) is 0 Å². The van der Waals surface area contributed by atoms with Crippen LogP contribution in [-0.2, 0) is 18.9 Å². The Bertz CT molecular complexity index is 835. The number of hydrogen-bond donors (Lipinski definition) is 1. The predicted octanol–water partition coefficient (Wildman–Crippen LogP) is 5.46. The molecule has 0 unspecified atom stereocenters. The number of carbonyl (C=O) groups excluding carboxylic acids is 1. The summed E-state index contributed by atoms with van der Waals surface area (Å²) in [7, 11) is 0. The molecule has 0 radical (unpaired) electrons. The Kier molecular flexibility index (Phi) is 5.87. The van der Waals surface area contributed by atoms with Crippen LogP contribution in [0.25, 0.3) is 0 Å². The van der Waals surface area contributed by atoms with Crippen LogP contribution >= 0.6 is 0 Å². The van der Waals surface area contributed by atoms with Gasteiger partial charge >= 0.3 is 6.03 Å². The number of alkyl halides is 2. The van der Waals surface area contributed by atoms with Crippen LogP contribution in [0.4, 0.5) is 13.6 Å². The van der Waals surface area contributed by atoms with Crippen molar-refractivity contribution in [1.82, 2.24) is 10.2 Å². The Morgan fingerprint density at radius 2 is 1.93 bits per heavy atom. The Labute approximate surface area is 164 Å². The average molecular weight is 388 g/mol. The summed E-state index contributed by atoms with van der Waals surface area (Å²) in [5.74, 6) is -1.61. The second kappa shape index (κ2) is 8.17. The molecule has 1 N–H and O–H groups in total. The molecule has 150 valence electrons. The van der Waals surface area contributed by atoms with Gasteiger partial charge < -0.3 is 15.0 Å². The van der Waals surface area contributed by atoms with Crippen LogP contribution in [0.5, 0.6) is 11.5 Å². The van der Waals surface area contributed by atoms with Crippen molar-refractivity contribution in [2.75, 3.05) is 6.54 Å². The highest BCUT2D eigenvalue weighted by Crippen LogP contribution is 2.35. The maximum absolute atomic E-state index is 13.8. The van der Waals surface area contributed by atoms with Crippen molar-refractivity contribution in [3.63, 3.8) is 0 Å². The summed E-state index contributed by atoms with van der Waals surface area (Å²) in [4.78, 5) is 14.0. The molecule has 0 bridgehead atoms. The fourth-order valence-electron chi connectivity index (χ4n) is 3.28. The van der Waals surface area contributed by atoms with Gasteiger partial charge in [-0.1, -0.05) is 19.1 Å². The summed E-state index contributed by atoms with van der Waals surface area (Å²) in [6.07, 6.45) is 0.448. The summed E-state index contributed by atoms with van der Waals surface area (Å²) in [5.41, 5.74) is 2.08. The molecule has 28 heavy (non-hydrogen) atoms. The van der Waals surface area contributed by atoms with Gasteiger partial charge in [-0.2, -0.15) is 0 Å². The quantitative estimate of drug-likeness (QED) is 0.739. The zero-order chi connectivity index (χ0) is 20.3. The SMILES string of the molecule is CCC(F)(F)c1ccc(Oc2cccc3c2CCN(C(=O)NC(C)C)C3)cc1. The van der Waals surface area contributed by atoms with Crippen molar-refractivity contribution in [3.8, 4) is 11.5 Å². The number of amides is 2. The lowest BCUT2D eigenvalue weighted by Gasteiger charge is -2.30. The Morgan fingerprint density at radius 3 is 2.57 bits per heavy atom. The fourth-order valence-corrected chi connectivity index (χ4v) is 3.28. The Balaban J connectivity index is 1.75. The van der Waals surface area contributed by atoms with Crippen LogP contribution in [-0.4, -0.2) is 23.5 Å². The minimum absolute atomic E-state index is 0.00996. The van der Waals surface area contributed by atoms with Gasteiger partial charge in [-0.25, -0.2) is 13.6 Å². The highest BCUT2D eigenvalue weighted by Gasteiger charge is 2.28. The highest BCUT2D eigenvalue weighted by atomic mass is 19.3. The average Bonchev–Trinajstić information content (AvgIpc) is 2.67. The van der Waals surface area contributed by atoms with E-state index in [0.29, 0.717) is 31.0 Å². The summed E-state index contributed by atoms with van der Waals surface area (Å²) >= 11 is 0. The van der Waals surface area contributed by atoms with E-state index in [9.17, 15) is 13.6 Å². The van der Waals surface area contributed by atoms with Gasteiger partial charge in [0.1, 0.15) is 11.5 Å². The molecule has 1 heterocycles. The minimum atomic E-state index is -2.83. The first-order valence-electron chi connectivity index (χ1n) is 9.62. The number of nitrogens with zero attached hydrogens (tertiary/aromatic N) is 1. The molecule has 2 aromatic carbocycles. The first kappa shape index (κ1) is 20.1. The lowest BCUT2D eigenvalue weighted by atomic mass is 9.99. The van der Waals surface area contributed by atoms with Gasteiger partial charge in [-0.15, -0.1) is 0 Å². The van der Waals surface area contributed by atoms with E-state index < -0.39 is 5.92 Å². The summed E-state index contributed by atoms with van der Waals surface area (Å²) in [5, 5.41) is 2.91. The van der Waals surface area contributed by atoms with Crippen LogP contribution in [0, 0.1) is 0 Å². The zero-order valence-electron chi connectivity index (χ0n) is 16.5. The second-order valence-corrected chi connectivity index (χ2v) is 7.35. The van der Waals surface area contributed by atoms with Crippen LogP contribution in [0.3, 0.4) is 0 Å². The molecular formula is C22H26F2N2O2. The van der Waals surface area contributed by atoms with E-state index in [1.165, 1.54) is 19.1 Å². The van der Waals surface area contributed by atoms with Crippen molar-refractivity contribution >= 4 is 6.03 Å². The number of benzene rings is 2. The number of carbonyl (C=O) groups is 1.